The van der Waals surface area contributed by atoms with E-state index < -0.39 is 6.04 Å². The van der Waals surface area contributed by atoms with Crippen LogP contribution in [0.4, 0.5) is 0 Å². The van der Waals surface area contributed by atoms with Crippen LogP contribution in [0.1, 0.15) is 35.3 Å². The highest BCUT2D eigenvalue weighted by molar-refractivity contribution is 6.01. The summed E-state index contributed by atoms with van der Waals surface area (Å²) in [5, 5.41) is 2.99. The molecule has 0 fully saturated rings. The maximum atomic E-state index is 12.8. The second kappa shape index (κ2) is 7.51. The summed E-state index contributed by atoms with van der Waals surface area (Å²) in [6.07, 6.45) is 0.518. The fourth-order valence-electron chi connectivity index (χ4n) is 3.13. The summed E-state index contributed by atoms with van der Waals surface area (Å²) in [4.78, 5) is 27.3. The van der Waals surface area contributed by atoms with Gasteiger partial charge in [-0.2, -0.15) is 0 Å². The summed E-state index contributed by atoms with van der Waals surface area (Å²) in [7, 11) is 0. The monoisotopic (exact) mass is 336 g/mol. The van der Waals surface area contributed by atoms with Gasteiger partial charge < -0.3 is 10.2 Å². The van der Waals surface area contributed by atoms with E-state index in [4.69, 9.17) is 0 Å². The van der Waals surface area contributed by atoms with Gasteiger partial charge >= 0.3 is 0 Å². The summed E-state index contributed by atoms with van der Waals surface area (Å²) in [5.74, 6) is 0.225. The van der Waals surface area contributed by atoms with Gasteiger partial charge in [-0.25, -0.2) is 0 Å². The van der Waals surface area contributed by atoms with Crippen LogP contribution in [0.25, 0.3) is 0 Å². The first-order valence-electron chi connectivity index (χ1n) is 8.76. The van der Waals surface area contributed by atoms with Gasteiger partial charge in [-0.15, -0.1) is 0 Å². The number of nitrogens with zero attached hydrogens (tertiary/aromatic N) is 1. The first kappa shape index (κ1) is 17.2. The van der Waals surface area contributed by atoms with Crippen LogP contribution in [0.15, 0.2) is 54.6 Å². The number of hydrogen-bond donors (Lipinski definition) is 1. The normalized spacial score (nSPS) is 14.5. The largest absolute Gasteiger partial charge is 0.354 e. The second-order valence-corrected chi connectivity index (χ2v) is 6.93. The molecule has 0 aliphatic carbocycles. The van der Waals surface area contributed by atoms with Gasteiger partial charge in [-0.05, 0) is 23.1 Å². The first-order valence-corrected chi connectivity index (χ1v) is 8.76. The molecule has 1 aliphatic rings. The van der Waals surface area contributed by atoms with Gasteiger partial charge in [0.05, 0.1) is 0 Å². The Morgan fingerprint density at radius 1 is 1.08 bits per heavy atom. The number of nitrogens with one attached hydrogen (secondary N) is 1. The van der Waals surface area contributed by atoms with Gasteiger partial charge in [0.15, 0.2) is 0 Å². The molecule has 130 valence electrons. The molecule has 2 amide bonds. The number of fused-ring (bicyclic) bond motifs is 1. The van der Waals surface area contributed by atoms with Gasteiger partial charge in [0.2, 0.25) is 5.91 Å². The van der Waals surface area contributed by atoms with Crippen molar-refractivity contribution in [1.82, 2.24) is 10.2 Å². The van der Waals surface area contributed by atoms with Crippen molar-refractivity contribution in [2.45, 2.75) is 32.9 Å². The van der Waals surface area contributed by atoms with E-state index in [2.05, 4.69) is 19.2 Å². The molecule has 1 unspecified atom stereocenters. The van der Waals surface area contributed by atoms with Gasteiger partial charge in [0, 0.05) is 25.1 Å². The van der Waals surface area contributed by atoms with E-state index in [-0.39, 0.29) is 11.8 Å². The third-order valence-electron chi connectivity index (χ3n) is 4.48. The van der Waals surface area contributed by atoms with Crippen molar-refractivity contribution >= 4 is 11.8 Å². The van der Waals surface area contributed by atoms with Crippen LogP contribution in [0.2, 0.25) is 0 Å². The Morgan fingerprint density at radius 3 is 2.44 bits per heavy atom. The van der Waals surface area contributed by atoms with E-state index >= 15 is 0 Å². The Bertz CT molecular complexity index is 756. The molecular formula is C21H24N2O2. The molecular weight excluding hydrogens is 312 g/mol. The number of rotatable bonds is 6. The molecule has 0 spiro atoms. The lowest BCUT2D eigenvalue weighted by atomic mass is 10.0. The van der Waals surface area contributed by atoms with Crippen LogP contribution in [0.3, 0.4) is 0 Å². The minimum atomic E-state index is -0.499. The molecule has 0 aromatic heterocycles. The highest BCUT2D eigenvalue weighted by atomic mass is 16.2. The second-order valence-electron chi connectivity index (χ2n) is 6.93. The van der Waals surface area contributed by atoms with Crippen molar-refractivity contribution in [2.24, 2.45) is 5.92 Å². The van der Waals surface area contributed by atoms with Gasteiger partial charge in [-0.1, -0.05) is 62.4 Å². The molecule has 2 aromatic carbocycles. The topological polar surface area (TPSA) is 49.4 Å². The molecule has 0 radical (unpaired) electrons. The van der Waals surface area contributed by atoms with Crippen LogP contribution in [0, 0.1) is 5.92 Å². The zero-order valence-corrected chi connectivity index (χ0v) is 14.7. The van der Waals surface area contributed by atoms with Gasteiger partial charge in [0.25, 0.3) is 5.91 Å². The molecule has 0 saturated carbocycles. The van der Waals surface area contributed by atoms with Gasteiger partial charge in [-0.3, -0.25) is 9.59 Å². The van der Waals surface area contributed by atoms with Crippen molar-refractivity contribution in [3.05, 3.63) is 71.3 Å². The van der Waals surface area contributed by atoms with Gasteiger partial charge in [0.1, 0.15) is 6.04 Å². The SMILES string of the molecule is CC(C)CNC(=O)C(Cc1ccccc1)N1Cc2ccccc2C1=O. The maximum absolute atomic E-state index is 12.8. The molecule has 4 heteroatoms. The number of hydrogen-bond acceptors (Lipinski definition) is 2. The van der Waals surface area contributed by atoms with E-state index in [0.29, 0.717) is 31.0 Å². The third kappa shape index (κ3) is 3.90. The number of amides is 2. The minimum absolute atomic E-state index is 0.0590. The Balaban J connectivity index is 1.84. The molecule has 1 N–H and O–H groups in total. The molecule has 0 bridgehead atoms. The Hall–Kier alpha value is -2.62. The number of carbonyl (C=O) groups is 2. The molecule has 2 aromatic rings. The van der Waals surface area contributed by atoms with Crippen molar-refractivity contribution in [3.63, 3.8) is 0 Å². The number of carbonyl (C=O) groups excluding carboxylic acids is 2. The fraction of sp³-hybridized carbons (Fsp3) is 0.333. The molecule has 1 heterocycles. The quantitative estimate of drug-likeness (QED) is 0.881. The summed E-state index contributed by atoms with van der Waals surface area (Å²) >= 11 is 0. The van der Waals surface area contributed by atoms with Crippen molar-refractivity contribution in [2.75, 3.05) is 6.54 Å². The lowest BCUT2D eigenvalue weighted by Gasteiger charge is -2.27. The third-order valence-corrected chi connectivity index (χ3v) is 4.48. The van der Waals surface area contributed by atoms with Crippen LogP contribution >= 0.6 is 0 Å². The zero-order valence-electron chi connectivity index (χ0n) is 14.7. The molecule has 0 saturated heterocycles. The lowest BCUT2D eigenvalue weighted by molar-refractivity contribution is -0.125. The summed E-state index contributed by atoms with van der Waals surface area (Å²) in [5.41, 5.74) is 2.75. The molecule has 1 atom stereocenters. The fourth-order valence-corrected chi connectivity index (χ4v) is 3.13. The average Bonchev–Trinajstić information content (AvgIpc) is 2.95. The van der Waals surface area contributed by atoms with Crippen LogP contribution in [-0.4, -0.2) is 29.3 Å². The predicted molar refractivity (Wildman–Crippen MR) is 98.1 cm³/mol. The Morgan fingerprint density at radius 2 is 1.76 bits per heavy atom. The highest BCUT2D eigenvalue weighted by Crippen LogP contribution is 2.26. The number of benzene rings is 2. The van der Waals surface area contributed by atoms with E-state index in [9.17, 15) is 9.59 Å². The highest BCUT2D eigenvalue weighted by Gasteiger charge is 2.36. The summed E-state index contributed by atoms with van der Waals surface area (Å²) < 4.78 is 0. The molecule has 25 heavy (non-hydrogen) atoms. The minimum Gasteiger partial charge on any atom is -0.354 e. The van der Waals surface area contributed by atoms with E-state index in [1.165, 1.54) is 0 Å². The van der Waals surface area contributed by atoms with E-state index in [0.717, 1.165) is 11.1 Å². The Kier molecular flexibility index (Phi) is 5.17. The summed E-state index contributed by atoms with van der Waals surface area (Å²) in [6.45, 7) is 5.22. The van der Waals surface area contributed by atoms with Crippen molar-refractivity contribution in [3.8, 4) is 0 Å². The van der Waals surface area contributed by atoms with E-state index in [1.54, 1.807) is 4.90 Å². The van der Waals surface area contributed by atoms with Crippen LogP contribution in [-0.2, 0) is 17.8 Å². The molecule has 4 nitrogen and oxygen atoms in total. The van der Waals surface area contributed by atoms with Crippen molar-refractivity contribution < 1.29 is 9.59 Å². The van der Waals surface area contributed by atoms with Crippen LogP contribution < -0.4 is 5.32 Å². The maximum Gasteiger partial charge on any atom is 0.255 e. The Labute approximate surface area is 148 Å². The summed E-state index contributed by atoms with van der Waals surface area (Å²) in [6, 6.07) is 17.0. The predicted octanol–water partition coefficient (Wildman–Crippen LogP) is 3.03. The lowest BCUT2D eigenvalue weighted by Crippen LogP contribution is -2.49. The molecule has 1 aliphatic heterocycles. The first-order chi connectivity index (χ1) is 12.1. The molecule has 3 rings (SSSR count). The average molecular weight is 336 g/mol. The standard InChI is InChI=1S/C21H24N2O2/c1-15(2)13-22-20(24)19(12-16-8-4-3-5-9-16)23-14-17-10-6-7-11-18(17)21(23)25/h3-11,15,19H,12-14H2,1-2H3,(H,22,24). The smallest absolute Gasteiger partial charge is 0.255 e. The van der Waals surface area contributed by atoms with E-state index in [1.807, 2.05) is 54.6 Å². The zero-order chi connectivity index (χ0) is 17.8. The van der Waals surface area contributed by atoms with Crippen molar-refractivity contribution in [1.29, 1.82) is 0 Å². The van der Waals surface area contributed by atoms with Crippen LogP contribution in [0.5, 0.6) is 0 Å².